The normalized spacial score (nSPS) is 10.6. The number of nitrogens with one attached hydrogen (secondary N) is 4. The molecular formula is C12H9N5O3. The summed E-state index contributed by atoms with van der Waals surface area (Å²) in [6.45, 7) is 0. The van der Waals surface area contributed by atoms with E-state index in [0.29, 0.717) is 5.82 Å². The number of fused-ring (bicyclic) bond motifs is 1. The van der Waals surface area contributed by atoms with E-state index in [-0.39, 0.29) is 5.69 Å². The van der Waals surface area contributed by atoms with Crippen LogP contribution in [0.2, 0.25) is 0 Å². The van der Waals surface area contributed by atoms with Gasteiger partial charge in [0.15, 0.2) is 5.82 Å². The number of benzene rings is 1. The van der Waals surface area contributed by atoms with Crippen molar-refractivity contribution in [2.75, 3.05) is 5.32 Å². The number of anilines is 1. The van der Waals surface area contributed by atoms with Crippen molar-refractivity contribution in [2.45, 2.75) is 0 Å². The van der Waals surface area contributed by atoms with Crippen LogP contribution in [0.15, 0.2) is 39.9 Å². The van der Waals surface area contributed by atoms with Crippen LogP contribution < -0.4 is 16.6 Å². The third-order valence-electron chi connectivity index (χ3n) is 2.71. The molecule has 0 aliphatic rings. The molecule has 0 fully saturated rings. The average molecular weight is 271 g/mol. The van der Waals surface area contributed by atoms with E-state index in [1.165, 1.54) is 0 Å². The summed E-state index contributed by atoms with van der Waals surface area (Å²) in [7, 11) is 0. The summed E-state index contributed by atoms with van der Waals surface area (Å²) in [6, 6.07) is 8.25. The lowest BCUT2D eigenvalue weighted by atomic mass is 10.2. The van der Waals surface area contributed by atoms with Gasteiger partial charge in [-0.2, -0.15) is 5.10 Å². The van der Waals surface area contributed by atoms with Crippen LogP contribution in [0.25, 0.3) is 10.9 Å². The first-order valence-electron chi connectivity index (χ1n) is 5.71. The Bertz CT molecular complexity index is 877. The summed E-state index contributed by atoms with van der Waals surface area (Å²) in [4.78, 5) is 38.5. The lowest BCUT2D eigenvalue weighted by molar-refractivity contribution is 0.102. The maximum absolute atomic E-state index is 12.0. The van der Waals surface area contributed by atoms with E-state index in [9.17, 15) is 14.4 Å². The van der Waals surface area contributed by atoms with Gasteiger partial charge in [-0.25, -0.2) is 4.79 Å². The maximum atomic E-state index is 12.0. The summed E-state index contributed by atoms with van der Waals surface area (Å²) in [6.07, 6.45) is 0. The fourth-order valence-electron chi connectivity index (χ4n) is 1.82. The minimum atomic E-state index is -0.741. The molecule has 4 N–H and O–H groups in total. The summed E-state index contributed by atoms with van der Waals surface area (Å²) >= 11 is 0. The molecule has 100 valence electrons. The molecule has 0 saturated heterocycles. The fraction of sp³-hybridized carbons (Fsp3) is 0. The Balaban J connectivity index is 1.96. The molecule has 0 unspecified atom stereocenters. The van der Waals surface area contributed by atoms with E-state index >= 15 is 0 Å². The van der Waals surface area contributed by atoms with Gasteiger partial charge in [0, 0.05) is 11.5 Å². The Labute approximate surface area is 110 Å². The summed E-state index contributed by atoms with van der Waals surface area (Å²) < 4.78 is 0. The number of hydrogen-bond acceptors (Lipinski definition) is 4. The molecule has 3 rings (SSSR count). The van der Waals surface area contributed by atoms with Gasteiger partial charge < -0.3 is 10.3 Å². The minimum Gasteiger partial charge on any atom is -0.303 e. The SMILES string of the molecule is O=C(Nc1n[nH]c2ccccc12)c1cc(=O)[nH]c(=O)[nH]1. The number of carbonyl (C=O) groups excluding carboxylic acids is 1. The number of H-pyrrole nitrogens is 3. The molecule has 0 spiro atoms. The molecule has 2 heterocycles. The predicted octanol–water partition coefficient (Wildman–Crippen LogP) is 0.192. The highest BCUT2D eigenvalue weighted by atomic mass is 16.2. The molecule has 8 heteroatoms. The highest BCUT2D eigenvalue weighted by Crippen LogP contribution is 2.19. The first-order valence-corrected chi connectivity index (χ1v) is 5.71. The van der Waals surface area contributed by atoms with E-state index in [0.717, 1.165) is 17.0 Å². The van der Waals surface area contributed by atoms with Crippen molar-refractivity contribution < 1.29 is 4.79 Å². The third kappa shape index (κ3) is 2.09. The molecule has 1 aromatic carbocycles. The molecule has 2 aromatic heterocycles. The Hall–Kier alpha value is -3.16. The Morgan fingerprint density at radius 3 is 2.75 bits per heavy atom. The van der Waals surface area contributed by atoms with Crippen molar-refractivity contribution in [3.05, 3.63) is 56.9 Å². The molecule has 0 aliphatic carbocycles. The first kappa shape index (κ1) is 11.9. The largest absolute Gasteiger partial charge is 0.326 e. The number of hydrogen-bond donors (Lipinski definition) is 4. The highest BCUT2D eigenvalue weighted by molar-refractivity contribution is 6.06. The first-order chi connectivity index (χ1) is 9.63. The number of amides is 1. The zero-order valence-corrected chi connectivity index (χ0v) is 10.1. The highest BCUT2D eigenvalue weighted by Gasteiger charge is 2.12. The van der Waals surface area contributed by atoms with Gasteiger partial charge in [0.2, 0.25) is 0 Å². The quantitative estimate of drug-likeness (QED) is 0.531. The number of rotatable bonds is 2. The van der Waals surface area contributed by atoms with Gasteiger partial charge in [-0.1, -0.05) is 12.1 Å². The van der Waals surface area contributed by atoms with Gasteiger partial charge in [0.1, 0.15) is 5.69 Å². The lowest BCUT2D eigenvalue weighted by Crippen LogP contribution is -2.27. The van der Waals surface area contributed by atoms with Crippen LogP contribution in [0.5, 0.6) is 0 Å². The predicted molar refractivity (Wildman–Crippen MR) is 71.7 cm³/mol. The van der Waals surface area contributed by atoms with E-state index in [4.69, 9.17) is 0 Å². The maximum Gasteiger partial charge on any atom is 0.326 e. The molecule has 1 amide bonds. The van der Waals surface area contributed by atoms with Gasteiger partial charge in [-0.05, 0) is 12.1 Å². The smallest absolute Gasteiger partial charge is 0.303 e. The van der Waals surface area contributed by atoms with Crippen molar-refractivity contribution in [1.29, 1.82) is 0 Å². The Morgan fingerprint density at radius 1 is 1.15 bits per heavy atom. The van der Waals surface area contributed by atoms with Crippen LogP contribution in [-0.2, 0) is 0 Å². The Morgan fingerprint density at radius 2 is 1.95 bits per heavy atom. The third-order valence-corrected chi connectivity index (χ3v) is 2.71. The standard InChI is InChI=1S/C12H9N5O3/c18-9-5-8(13-12(20)14-9)11(19)15-10-6-3-1-2-4-7(6)16-17-10/h1-5H,(H2,13,14,18,20)(H2,15,16,17,19). The van der Waals surface area contributed by atoms with Gasteiger partial charge in [-0.3, -0.25) is 19.7 Å². The van der Waals surface area contributed by atoms with Gasteiger partial charge in [0.05, 0.1) is 5.52 Å². The number of aromatic nitrogens is 4. The van der Waals surface area contributed by atoms with Crippen molar-refractivity contribution in [1.82, 2.24) is 20.2 Å². The van der Waals surface area contributed by atoms with E-state index < -0.39 is 17.2 Å². The van der Waals surface area contributed by atoms with Crippen molar-refractivity contribution in [2.24, 2.45) is 0 Å². The molecule has 0 aliphatic heterocycles. The van der Waals surface area contributed by atoms with E-state index in [1.807, 2.05) is 23.2 Å². The number of nitrogens with zero attached hydrogens (tertiary/aromatic N) is 1. The van der Waals surface area contributed by atoms with Gasteiger partial charge in [-0.15, -0.1) is 0 Å². The van der Waals surface area contributed by atoms with Crippen LogP contribution in [0.1, 0.15) is 10.5 Å². The second kappa shape index (κ2) is 4.50. The van der Waals surface area contributed by atoms with E-state index in [2.05, 4.69) is 20.5 Å². The summed E-state index contributed by atoms with van der Waals surface area (Å²) in [5.74, 6) is -0.294. The molecule has 0 radical (unpaired) electrons. The lowest BCUT2D eigenvalue weighted by Gasteiger charge is -2.01. The van der Waals surface area contributed by atoms with Gasteiger partial charge >= 0.3 is 5.69 Å². The van der Waals surface area contributed by atoms with Gasteiger partial charge in [0.25, 0.3) is 11.5 Å². The summed E-state index contributed by atoms with van der Waals surface area (Å²) in [5.41, 5.74) is -0.756. The fourth-order valence-corrected chi connectivity index (χ4v) is 1.82. The zero-order chi connectivity index (χ0) is 14.1. The second-order valence-corrected chi connectivity index (χ2v) is 4.07. The molecule has 0 saturated carbocycles. The number of para-hydroxylation sites is 1. The van der Waals surface area contributed by atoms with Crippen LogP contribution in [0, 0.1) is 0 Å². The summed E-state index contributed by atoms with van der Waals surface area (Å²) in [5, 5.41) is 10.00. The monoisotopic (exact) mass is 271 g/mol. The molecular weight excluding hydrogens is 262 g/mol. The van der Waals surface area contributed by atoms with Crippen molar-refractivity contribution in [3.8, 4) is 0 Å². The van der Waals surface area contributed by atoms with Crippen molar-refractivity contribution >= 4 is 22.6 Å². The van der Waals surface area contributed by atoms with E-state index in [1.54, 1.807) is 6.07 Å². The topological polar surface area (TPSA) is 123 Å². The molecule has 20 heavy (non-hydrogen) atoms. The number of carbonyl (C=O) groups is 1. The minimum absolute atomic E-state index is 0.133. The average Bonchev–Trinajstić information content (AvgIpc) is 2.81. The molecule has 0 bridgehead atoms. The van der Waals surface area contributed by atoms with Crippen LogP contribution in [0.4, 0.5) is 5.82 Å². The van der Waals surface area contributed by atoms with Crippen LogP contribution in [0.3, 0.4) is 0 Å². The molecule has 0 atom stereocenters. The molecule has 8 nitrogen and oxygen atoms in total. The Kier molecular flexibility index (Phi) is 2.68. The van der Waals surface area contributed by atoms with Crippen LogP contribution in [-0.4, -0.2) is 26.1 Å². The van der Waals surface area contributed by atoms with Crippen molar-refractivity contribution in [3.63, 3.8) is 0 Å². The van der Waals surface area contributed by atoms with Crippen LogP contribution >= 0.6 is 0 Å². The zero-order valence-electron chi connectivity index (χ0n) is 10.1. The second-order valence-electron chi connectivity index (χ2n) is 4.07. The molecule has 3 aromatic rings. The number of aromatic amines is 3.